The van der Waals surface area contributed by atoms with Crippen molar-refractivity contribution in [3.63, 3.8) is 0 Å². The Kier molecular flexibility index (Phi) is 4.60. The maximum absolute atomic E-state index is 12.7. The normalized spacial score (nSPS) is 24.9. The van der Waals surface area contributed by atoms with E-state index in [1.165, 1.54) is 12.1 Å². The number of carbonyl (C=O) groups is 1. The molecule has 2 atom stereocenters. The Balaban J connectivity index is 2.28. The Labute approximate surface area is 130 Å². The fourth-order valence-electron chi connectivity index (χ4n) is 2.45. The van der Waals surface area contributed by atoms with Crippen LogP contribution in [0.5, 0.6) is 0 Å². The van der Waals surface area contributed by atoms with Crippen molar-refractivity contribution in [2.24, 2.45) is 0 Å². The van der Waals surface area contributed by atoms with Gasteiger partial charge in [-0.15, -0.1) is 0 Å². The van der Waals surface area contributed by atoms with Crippen molar-refractivity contribution in [1.82, 2.24) is 0 Å². The van der Waals surface area contributed by atoms with Gasteiger partial charge in [0.15, 0.2) is 11.2 Å². The van der Waals surface area contributed by atoms with Gasteiger partial charge in [-0.05, 0) is 32.9 Å². The van der Waals surface area contributed by atoms with E-state index in [0.29, 0.717) is 0 Å². The predicted molar refractivity (Wildman–Crippen MR) is 79.1 cm³/mol. The van der Waals surface area contributed by atoms with Crippen molar-refractivity contribution in [2.45, 2.75) is 55.8 Å². The summed E-state index contributed by atoms with van der Waals surface area (Å²) in [6.07, 6.45) is -0.968. The summed E-state index contributed by atoms with van der Waals surface area (Å²) in [4.78, 5) is 11.0. The molecule has 6 nitrogen and oxygen atoms in total. The van der Waals surface area contributed by atoms with Gasteiger partial charge in [0, 0.05) is 6.42 Å². The molecule has 1 aliphatic heterocycles. The highest BCUT2D eigenvalue weighted by molar-refractivity contribution is 7.91. The monoisotopic (exact) mass is 328 g/mol. The first-order chi connectivity index (χ1) is 10.1. The summed E-state index contributed by atoms with van der Waals surface area (Å²) in [5, 5.41) is 8.90. The summed E-state index contributed by atoms with van der Waals surface area (Å²) in [6, 6.07) is 6.49. The van der Waals surface area contributed by atoms with Gasteiger partial charge in [0.25, 0.3) is 0 Å². The molecule has 1 aromatic carbocycles. The number of hydrogen-bond acceptors (Lipinski definition) is 5. The van der Waals surface area contributed by atoms with Crippen LogP contribution in [0.4, 0.5) is 0 Å². The molecule has 0 spiro atoms. The second-order valence-electron chi connectivity index (χ2n) is 5.88. The van der Waals surface area contributed by atoms with E-state index in [2.05, 4.69) is 0 Å². The van der Waals surface area contributed by atoms with E-state index in [9.17, 15) is 13.2 Å². The van der Waals surface area contributed by atoms with Gasteiger partial charge in [-0.2, -0.15) is 0 Å². The molecule has 7 heteroatoms. The van der Waals surface area contributed by atoms with Gasteiger partial charge < -0.3 is 14.6 Å². The molecule has 0 bridgehead atoms. The van der Waals surface area contributed by atoms with Crippen LogP contribution in [0.15, 0.2) is 29.2 Å². The van der Waals surface area contributed by atoms with Crippen molar-refractivity contribution in [3.8, 4) is 0 Å². The number of rotatable bonds is 4. The van der Waals surface area contributed by atoms with Crippen LogP contribution in [0.3, 0.4) is 0 Å². The maximum Gasteiger partial charge on any atom is 0.305 e. The lowest BCUT2D eigenvalue weighted by Crippen LogP contribution is -2.48. The number of benzene rings is 1. The minimum absolute atomic E-state index is 0.00800. The van der Waals surface area contributed by atoms with Crippen LogP contribution < -0.4 is 0 Å². The van der Waals surface area contributed by atoms with Gasteiger partial charge in [-0.25, -0.2) is 8.42 Å². The van der Waals surface area contributed by atoms with Gasteiger partial charge >= 0.3 is 5.97 Å². The first kappa shape index (κ1) is 16.9. The molecule has 122 valence electrons. The summed E-state index contributed by atoms with van der Waals surface area (Å²) < 4.78 is 36.4. The molecule has 1 aromatic rings. The molecular formula is C15H20O6S. The fourth-order valence-corrected chi connectivity index (χ4v) is 4.09. The van der Waals surface area contributed by atoms with Crippen molar-refractivity contribution in [2.75, 3.05) is 0 Å². The zero-order valence-corrected chi connectivity index (χ0v) is 13.6. The third-order valence-corrected chi connectivity index (χ3v) is 5.33. The first-order valence-corrected chi connectivity index (χ1v) is 8.53. The predicted octanol–water partition coefficient (Wildman–Crippen LogP) is 2.11. The molecule has 0 amide bonds. The van der Waals surface area contributed by atoms with Gasteiger partial charge in [0.2, 0.25) is 9.84 Å². The highest BCUT2D eigenvalue weighted by atomic mass is 32.2. The second-order valence-corrected chi connectivity index (χ2v) is 7.97. The average Bonchev–Trinajstić information content (AvgIpc) is 2.36. The third-order valence-electron chi connectivity index (χ3n) is 3.42. The van der Waals surface area contributed by atoms with Gasteiger partial charge in [0.05, 0.1) is 17.4 Å². The van der Waals surface area contributed by atoms with Crippen LogP contribution in [-0.2, 0) is 24.1 Å². The number of aryl methyl sites for hydroxylation is 1. The Bertz CT molecular complexity index is 647. The molecule has 0 unspecified atom stereocenters. The largest absolute Gasteiger partial charge is 0.481 e. The number of carboxylic acid groups (broad SMARTS) is 1. The summed E-state index contributed by atoms with van der Waals surface area (Å²) >= 11 is 0. The first-order valence-electron chi connectivity index (χ1n) is 6.98. The Morgan fingerprint density at radius 3 is 2.41 bits per heavy atom. The van der Waals surface area contributed by atoms with Crippen molar-refractivity contribution in [1.29, 1.82) is 0 Å². The molecule has 1 fully saturated rings. The number of carboxylic acids is 1. The number of ether oxygens (including phenoxy) is 2. The van der Waals surface area contributed by atoms with Crippen LogP contribution in [0.2, 0.25) is 0 Å². The third kappa shape index (κ3) is 3.85. The molecular weight excluding hydrogens is 308 g/mol. The average molecular weight is 328 g/mol. The minimum Gasteiger partial charge on any atom is -0.481 e. The lowest BCUT2D eigenvalue weighted by molar-refractivity contribution is -0.283. The highest BCUT2D eigenvalue weighted by Gasteiger charge is 2.42. The van der Waals surface area contributed by atoms with Gasteiger partial charge in [-0.3, -0.25) is 4.79 Å². The molecule has 1 aliphatic rings. The van der Waals surface area contributed by atoms with E-state index in [1.807, 2.05) is 6.92 Å². The quantitative estimate of drug-likeness (QED) is 0.910. The van der Waals surface area contributed by atoms with Crippen LogP contribution in [-0.4, -0.2) is 36.8 Å². The van der Waals surface area contributed by atoms with E-state index in [-0.39, 0.29) is 17.7 Å². The van der Waals surface area contributed by atoms with Crippen molar-refractivity contribution >= 4 is 15.8 Å². The number of sulfone groups is 1. The number of aliphatic carboxylic acids is 1. The van der Waals surface area contributed by atoms with Gasteiger partial charge in [0.1, 0.15) is 0 Å². The Morgan fingerprint density at radius 2 is 1.86 bits per heavy atom. The standard InChI is InChI=1S/C15H20O6S/c1-10-4-6-12(7-5-10)22(18,19)14-9-11(8-13(16)17)20-15(2,3)21-14/h4-7,11,14H,8-9H2,1-3H3,(H,16,17)/t11-,14+/m1/s1. The summed E-state index contributed by atoms with van der Waals surface area (Å²) in [7, 11) is -3.71. The van der Waals surface area contributed by atoms with E-state index < -0.39 is 33.1 Å². The zero-order valence-electron chi connectivity index (χ0n) is 12.8. The minimum atomic E-state index is -3.71. The zero-order chi connectivity index (χ0) is 16.5. The molecule has 22 heavy (non-hydrogen) atoms. The van der Waals surface area contributed by atoms with Crippen LogP contribution in [0.25, 0.3) is 0 Å². The second kappa shape index (κ2) is 5.98. The van der Waals surface area contributed by atoms with E-state index >= 15 is 0 Å². The molecule has 0 saturated carbocycles. The molecule has 0 aliphatic carbocycles. The maximum atomic E-state index is 12.7. The molecule has 0 aromatic heterocycles. The van der Waals surface area contributed by atoms with E-state index in [4.69, 9.17) is 14.6 Å². The Hall–Kier alpha value is -1.44. The highest BCUT2D eigenvalue weighted by Crippen LogP contribution is 2.33. The van der Waals surface area contributed by atoms with Gasteiger partial charge in [-0.1, -0.05) is 17.7 Å². The topological polar surface area (TPSA) is 89.9 Å². The number of hydrogen-bond donors (Lipinski definition) is 1. The van der Waals surface area contributed by atoms with Crippen LogP contribution in [0, 0.1) is 6.92 Å². The van der Waals surface area contributed by atoms with E-state index in [1.54, 1.807) is 26.0 Å². The molecule has 2 rings (SSSR count). The molecule has 1 N–H and O–H groups in total. The molecule has 1 saturated heterocycles. The van der Waals surface area contributed by atoms with Crippen LogP contribution >= 0.6 is 0 Å². The fraction of sp³-hybridized carbons (Fsp3) is 0.533. The lowest BCUT2D eigenvalue weighted by Gasteiger charge is -2.39. The van der Waals surface area contributed by atoms with Crippen LogP contribution in [0.1, 0.15) is 32.3 Å². The molecule has 0 radical (unpaired) electrons. The van der Waals surface area contributed by atoms with E-state index in [0.717, 1.165) is 5.56 Å². The summed E-state index contributed by atoms with van der Waals surface area (Å²) in [6.45, 7) is 5.03. The summed E-state index contributed by atoms with van der Waals surface area (Å²) in [5.74, 6) is -2.19. The Morgan fingerprint density at radius 1 is 1.27 bits per heavy atom. The SMILES string of the molecule is Cc1ccc(S(=O)(=O)[C@H]2C[C@@H](CC(=O)O)OC(C)(C)O2)cc1. The lowest BCUT2D eigenvalue weighted by atomic mass is 10.1. The summed E-state index contributed by atoms with van der Waals surface area (Å²) in [5.41, 5.74) is -0.167. The van der Waals surface area contributed by atoms with Crippen molar-refractivity contribution < 1.29 is 27.8 Å². The smallest absolute Gasteiger partial charge is 0.305 e. The van der Waals surface area contributed by atoms with Crippen molar-refractivity contribution in [3.05, 3.63) is 29.8 Å². The molecule has 1 heterocycles.